The molecule has 1 fully saturated rings. The van der Waals surface area contributed by atoms with Crippen molar-refractivity contribution < 1.29 is 22.7 Å². The zero-order chi connectivity index (χ0) is 23.4. The van der Waals surface area contributed by atoms with E-state index in [0.29, 0.717) is 30.8 Å². The molecule has 0 atom stereocenters. The molecule has 4 rings (SSSR count). The molecular weight excluding hydrogens is 435 g/mol. The molecule has 2 aromatic carbocycles. The summed E-state index contributed by atoms with van der Waals surface area (Å²) < 4.78 is 40.7. The van der Waals surface area contributed by atoms with Crippen LogP contribution in [0.5, 0.6) is 5.75 Å². The van der Waals surface area contributed by atoms with Crippen molar-refractivity contribution in [1.82, 2.24) is 25.1 Å². The molecule has 0 aliphatic carbocycles. The van der Waals surface area contributed by atoms with E-state index in [2.05, 4.69) is 25.0 Å². The Morgan fingerprint density at radius 3 is 2.30 bits per heavy atom. The Morgan fingerprint density at radius 1 is 1.06 bits per heavy atom. The van der Waals surface area contributed by atoms with E-state index in [-0.39, 0.29) is 17.5 Å². The first-order valence-corrected chi connectivity index (χ1v) is 10.8. The quantitative estimate of drug-likeness (QED) is 0.489. The van der Waals surface area contributed by atoms with Crippen LogP contribution in [0.25, 0.3) is 11.4 Å². The molecule has 2 heterocycles. The lowest BCUT2D eigenvalue weighted by Gasteiger charge is -2.31. The zero-order valence-corrected chi connectivity index (χ0v) is 18.1. The molecular formula is C23H24F3N5O2. The van der Waals surface area contributed by atoms with Crippen LogP contribution in [0.4, 0.5) is 13.2 Å². The van der Waals surface area contributed by atoms with Gasteiger partial charge in [0.25, 0.3) is 0 Å². The molecule has 0 unspecified atom stereocenters. The maximum Gasteiger partial charge on any atom is 0.573 e. The summed E-state index contributed by atoms with van der Waals surface area (Å²) in [5.74, 6) is 0.0989. The number of ketones is 1. The first kappa shape index (κ1) is 22.9. The number of alkyl halides is 3. The first-order chi connectivity index (χ1) is 15.8. The average Bonchev–Trinajstić information content (AvgIpc) is 3.29. The largest absolute Gasteiger partial charge is 0.573 e. The van der Waals surface area contributed by atoms with Crippen LogP contribution in [-0.4, -0.2) is 50.3 Å². The van der Waals surface area contributed by atoms with Gasteiger partial charge in [-0.2, -0.15) is 4.80 Å². The minimum Gasteiger partial charge on any atom is -0.406 e. The summed E-state index contributed by atoms with van der Waals surface area (Å²) in [6.45, 7) is 4.95. The fraction of sp³-hybridized carbons (Fsp3) is 0.391. The Labute approximate surface area is 189 Å². The van der Waals surface area contributed by atoms with E-state index in [1.54, 1.807) is 4.80 Å². The number of aromatic nitrogens is 4. The van der Waals surface area contributed by atoms with Gasteiger partial charge in [0.05, 0.1) is 6.54 Å². The lowest BCUT2D eigenvalue weighted by atomic mass is 9.88. The third-order valence-electron chi connectivity index (χ3n) is 5.68. The molecule has 0 radical (unpaired) electrons. The number of likely N-dealkylation sites (tertiary alicyclic amines) is 1. The van der Waals surface area contributed by atoms with Gasteiger partial charge in [-0.1, -0.05) is 24.3 Å². The van der Waals surface area contributed by atoms with Crippen LogP contribution in [0.1, 0.15) is 35.7 Å². The Kier molecular flexibility index (Phi) is 6.73. The minimum atomic E-state index is -4.75. The van der Waals surface area contributed by atoms with Gasteiger partial charge < -0.3 is 4.74 Å². The number of carbonyl (C=O) groups is 1. The lowest BCUT2D eigenvalue weighted by Crippen LogP contribution is -2.35. The summed E-state index contributed by atoms with van der Waals surface area (Å²) in [6.07, 6.45) is -3.33. The molecule has 7 nitrogen and oxygen atoms in total. The summed E-state index contributed by atoms with van der Waals surface area (Å²) in [5, 5.41) is 12.3. The number of hydrogen-bond donors (Lipinski definition) is 0. The number of aryl methyl sites for hydroxylation is 1. The second kappa shape index (κ2) is 9.70. The maximum absolute atomic E-state index is 12.8. The predicted molar refractivity (Wildman–Crippen MR) is 114 cm³/mol. The number of ether oxygens (including phenoxy) is 1. The monoisotopic (exact) mass is 459 g/mol. The molecule has 0 bridgehead atoms. The Hall–Kier alpha value is -3.27. The van der Waals surface area contributed by atoms with Crippen LogP contribution in [0.15, 0.2) is 48.5 Å². The first-order valence-electron chi connectivity index (χ1n) is 10.8. The van der Waals surface area contributed by atoms with Crippen molar-refractivity contribution in [2.24, 2.45) is 5.92 Å². The lowest BCUT2D eigenvalue weighted by molar-refractivity contribution is -0.274. The number of halogens is 3. The van der Waals surface area contributed by atoms with Crippen LogP contribution in [0, 0.1) is 5.92 Å². The third kappa shape index (κ3) is 5.95. The van der Waals surface area contributed by atoms with Gasteiger partial charge in [0.1, 0.15) is 5.75 Å². The minimum absolute atomic E-state index is 0.0369. The summed E-state index contributed by atoms with van der Waals surface area (Å²) >= 11 is 0. The number of rotatable bonds is 7. The highest BCUT2D eigenvalue weighted by Gasteiger charge is 2.31. The van der Waals surface area contributed by atoms with Crippen molar-refractivity contribution in [2.45, 2.75) is 39.2 Å². The molecule has 0 N–H and O–H groups in total. The average molecular weight is 459 g/mol. The van der Waals surface area contributed by atoms with Gasteiger partial charge in [-0.15, -0.1) is 23.4 Å². The number of benzene rings is 2. The van der Waals surface area contributed by atoms with Gasteiger partial charge in [0.15, 0.2) is 5.78 Å². The molecule has 33 heavy (non-hydrogen) atoms. The van der Waals surface area contributed by atoms with Crippen molar-refractivity contribution in [3.63, 3.8) is 0 Å². The van der Waals surface area contributed by atoms with Crippen LogP contribution in [0.2, 0.25) is 0 Å². The fourth-order valence-corrected chi connectivity index (χ4v) is 3.92. The molecule has 1 aliphatic heterocycles. The summed E-state index contributed by atoms with van der Waals surface area (Å²) in [5.41, 5.74) is 2.48. The van der Waals surface area contributed by atoms with Crippen molar-refractivity contribution in [1.29, 1.82) is 0 Å². The molecule has 10 heteroatoms. The van der Waals surface area contributed by atoms with Gasteiger partial charge in [-0.3, -0.25) is 9.69 Å². The number of tetrazole rings is 1. The SMILES string of the molecule is CCn1nnc(-c2ccc(CN3CCC(C(=O)c4ccc(OC(F)(F)F)cc4)CC3)cc2)n1. The Morgan fingerprint density at radius 2 is 1.73 bits per heavy atom. The van der Waals surface area contributed by atoms with Crippen molar-refractivity contribution in [3.8, 4) is 17.1 Å². The molecule has 0 saturated carbocycles. The molecule has 1 saturated heterocycles. The maximum atomic E-state index is 12.8. The van der Waals surface area contributed by atoms with Gasteiger partial charge in [0, 0.05) is 23.6 Å². The van der Waals surface area contributed by atoms with E-state index >= 15 is 0 Å². The molecule has 0 spiro atoms. The molecule has 174 valence electrons. The van der Waals surface area contributed by atoms with Crippen LogP contribution in [-0.2, 0) is 13.1 Å². The Balaban J connectivity index is 1.28. The smallest absolute Gasteiger partial charge is 0.406 e. The highest BCUT2D eigenvalue weighted by Crippen LogP contribution is 2.26. The Bertz CT molecular complexity index is 1070. The highest BCUT2D eigenvalue weighted by atomic mass is 19.4. The summed E-state index contributed by atoms with van der Waals surface area (Å²) in [6, 6.07) is 13.2. The number of piperidine rings is 1. The number of hydrogen-bond acceptors (Lipinski definition) is 6. The van der Waals surface area contributed by atoms with E-state index in [0.717, 1.165) is 30.8 Å². The van der Waals surface area contributed by atoms with Crippen molar-refractivity contribution in [2.75, 3.05) is 13.1 Å². The molecule has 0 amide bonds. The van der Waals surface area contributed by atoms with Crippen LogP contribution >= 0.6 is 0 Å². The van der Waals surface area contributed by atoms with E-state index in [4.69, 9.17) is 0 Å². The second-order valence-corrected chi connectivity index (χ2v) is 7.99. The van der Waals surface area contributed by atoms with E-state index < -0.39 is 6.36 Å². The highest BCUT2D eigenvalue weighted by molar-refractivity contribution is 5.98. The summed E-state index contributed by atoms with van der Waals surface area (Å²) in [7, 11) is 0. The number of carbonyl (C=O) groups excluding carboxylic acids is 1. The fourth-order valence-electron chi connectivity index (χ4n) is 3.92. The van der Waals surface area contributed by atoms with E-state index in [1.807, 2.05) is 31.2 Å². The summed E-state index contributed by atoms with van der Waals surface area (Å²) in [4.78, 5) is 16.6. The topological polar surface area (TPSA) is 73.1 Å². The predicted octanol–water partition coefficient (Wildman–Crippen LogP) is 4.35. The van der Waals surface area contributed by atoms with Gasteiger partial charge in [0.2, 0.25) is 5.82 Å². The van der Waals surface area contributed by atoms with Gasteiger partial charge in [-0.05, 0) is 67.9 Å². The molecule has 1 aliphatic rings. The second-order valence-electron chi connectivity index (χ2n) is 7.99. The van der Waals surface area contributed by atoms with Crippen LogP contribution in [0.3, 0.4) is 0 Å². The van der Waals surface area contributed by atoms with Crippen molar-refractivity contribution in [3.05, 3.63) is 59.7 Å². The van der Waals surface area contributed by atoms with E-state index in [1.165, 1.54) is 24.3 Å². The van der Waals surface area contributed by atoms with Gasteiger partial charge >= 0.3 is 6.36 Å². The van der Waals surface area contributed by atoms with Crippen molar-refractivity contribution >= 4 is 5.78 Å². The van der Waals surface area contributed by atoms with Gasteiger partial charge in [-0.25, -0.2) is 0 Å². The number of nitrogens with zero attached hydrogens (tertiary/aromatic N) is 5. The standard InChI is InChI=1S/C23H24F3N5O2/c1-2-31-28-22(27-29-31)19-5-3-16(4-6-19)15-30-13-11-18(12-14-30)21(32)17-7-9-20(10-8-17)33-23(24,25)26/h3-10,18H,2,11-15H2,1H3. The normalized spacial score (nSPS) is 15.5. The third-order valence-corrected chi connectivity index (χ3v) is 5.68. The van der Waals surface area contributed by atoms with E-state index in [9.17, 15) is 18.0 Å². The molecule has 3 aromatic rings. The molecule has 1 aromatic heterocycles. The number of Topliss-reactive ketones (excluding diaryl/α,β-unsaturated/α-hetero) is 1. The van der Waals surface area contributed by atoms with Crippen LogP contribution < -0.4 is 4.74 Å². The zero-order valence-electron chi connectivity index (χ0n) is 18.1.